The van der Waals surface area contributed by atoms with Gasteiger partial charge in [-0.2, -0.15) is 0 Å². The van der Waals surface area contributed by atoms with Crippen molar-refractivity contribution in [1.82, 2.24) is 0 Å². The largest absolute Gasteiger partial charge is 0.462 e. The van der Waals surface area contributed by atoms with Crippen LogP contribution in [-0.4, -0.2) is 12.6 Å². The van der Waals surface area contributed by atoms with Crippen LogP contribution in [0.3, 0.4) is 0 Å². The van der Waals surface area contributed by atoms with Gasteiger partial charge in [0.1, 0.15) is 0 Å². The highest BCUT2D eigenvalue weighted by atomic mass is 16.5. The van der Waals surface area contributed by atoms with Crippen molar-refractivity contribution in [2.45, 2.75) is 86.0 Å². The summed E-state index contributed by atoms with van der Waals surface area (Å²) < 4.78 is 5.16. The lowest BCUT2D eigenvalue weighted by molar-refractivity contribution is -0.139. The second-order valence-corrected chi connectivity index (χ2v) is 7.33. The minimum Gasteiger partial charge on any atom is -0.462 e. The molecule has 0 heterocycles. The van der Waals surface area contributed by atoms with E-state index in [1.807, 2.05) is 0 Å². The summed E-state index contributed by atoms with van der Waals surface area (Å²) in [5.41, 5.74) is 0.485. The normalized spacial score (nSPS) is 15.1. The maximum Gasteiger partial charge on any atom is 0.333 e. The Hall–Kier alpha value is -0.790. The molecule has 2 heteroatoms. The minimum atomic E-state index is -0.263. The van der Waals surface area contributed by atoms with Crippen LogP contribution in [0.5, 0.6) is 0 Å². The Morgan fingerprint density at radius 2 is 1.55 bits per heavy atom. The molecule has 130 valence electrons. The third-order valence-corrected chi connectivity index (χ3v) is 4.45. The molecule has 2 nitrogen and oxygen atoms in total. The predicted molar refractivity (Wildman–Crippen MR) is 95.9 cm³/mol. The number of carbonyl (C=O) groups is 1. The summed E-state index contributed by atoms with van der Waals surface area (Å²) >= 11 is 0. The molecule has 0 aliphatic carbocycles. The van der Waals surface area contributed by atoms with Crippen molar-refractivity contribution >= 4 is 5.97 Å². The molecule has 22 heavy (non-hydrogen) atoms. The van der Waals surface area contributed by atoms with Crippen molar-refractivity contribution in [3.8, 4) is 0 Å². The van der Waals surface area contributed by atoms with E-state index in [2.05, 4.69) is 34.3 Å². The molecule has 0 spiro atoms. The van der Waals surface area contributed by atoms with Gasteiger partial charge in [-0.15, -0.1) is 0 Å². The van der Waals surface area contributed by atoms with Gasteiger partial charge in [-0.1, -0.05) is 72.8 Å². The van der Waals surface area contributed by atoms with Gasteiger partial charge in [0, 0.05) is 5.57 Å². The summed E-state index contributed by atoms with van der Waals surface area (Å²) in [5, 5.41) is 0. The molecule has 0 aliphatic rings. The molecule has 0 amide bonds. The molecule has 0 saturated heterocycles. The second kappa shape index (κ2) is 12.7. The Bertz CT molecular complexity index is 309. The maximum atomic E-state index is 11.3. The summed E-state index contributed by atoms with van der Waals surface area (Å²) in [5.74, 6) is 2.02. The van der Waals surface area contributed by atoms with Crippen molar-refractivity contribution < 1.29 is 9.53 Å². The van der Waals surface area contributed by atoms with Crippen LogP contribution in [0.2, 0.25) is 0 Å². The highest BCUT2D eigenvalue weighted by molar-refractivity contribution is 5.86. The standard InChI is InChI=1S/C20H38O2/c1-7-8-9-10-18(5)15-19(6)12-11-17(4)13-14-22-20(21)16(2)3/h17-19H,2,7-15H2,1,3-6H3. The first-order valence-corrected chi connectivity index (χ1v) is 9.19. The number of hydrogen-bond donors (Lipinski definition) is 0. The number of ether oxygens (including phenoxy) is 1. The molecule has 3 unspecified atom stereocenters. The smallest absolute Gasteiger partial charge is 0.333 e. The molecule has 0 fully saturated rings. The third-order valence-electron chi connectivity index (χ3n) is 4.45. The van der Waals surface area contributed by atoms with Crippen molar-refractivity contribution in [3.05, 3.63) is 12.2 Å². The van der Waals surface area contributed by atoms with Gasteiger partial charge >= 0.3 is 5.97 Å². The number of unbranched alkanes of at least 4 members (excludes halogenated alkanes) is 2. The lowest BCUT2D eigenvalue weighted by Gasteiger charge is -2.19. The molecular weight excluding hydrogens is 272 g/mol. The molecule has 0 N–H and O–H groups in total. The summed E-state index contributed by atoms with van der Waals surface area (Å²) in [6.07, 6.45) is 10.3. The van der Waals surface area contributed by atoms with Crippen molar-refractivity contribution in [3.63, 3.8) is 0 Å². The summed E-state index contributed by atoms with van der Waals surface area (Å²) in [4.78, 5) is 11.3. The molecular formula is C20H38O2. The van der Waals surface area contributed by atoms with Crippen LogP contribution < -0.4 is 0 Å². The monoisotopic (exact) mass is 310 g/mol. The highest BCUT2D eigenvalue weighted by Crippen LogP contribution is 2.23. The molecule has 0 aliphatic heterocycles. The second-order valence-electron chi connectivity index (χ2n) is 7.33. The molecule has 0 aromatic rings. The fraction of sp³-hybridized carbons (Fsp3) is 0.850. The third kappa shape index (κ3) is 11.8. The molecule has 0 saturated carbocycles. The van der Waals surface area contributed by atoms with Gasteiger partial charge in [-0.3, -0.25) is 0 Å². The minimum absolute atomic E-state index is 0.263. The van der Waals surface area contributed by atoms with Gasteiger partial charge in [-0.05, 0) is 37.5 Å². The first kappa shape index (κ1) is 21.2. The van der Waals surface area contributed by atoms with E-state index < -0.39 is 0 Å². The fourth-order valence-electron chi connectivity index (χ4n) is 2.85. The van der Waals surface area contributed by atoms with Gasteiger partial charge in [0.15, 0.2) is 0 Å². The Morgan fingerprint density at radius 1 is 0.955 bits per heavy atom. The van der Waals surface area contributed by atoms with Gasteiger partial charge in [0.2, 0.25) is 0 Å². The molecule has 0 rings (SSSR count). The van der Waals surface area contributed by atoms with Gasteiger partial charge < -0.3 is 4.74 Å². The van der Waals surface area contributed by atoms with Gasteiger partial charge in [0.05, 0.1) is 6.61 Å². The number of esters is 1. The van der Waals surface area contributed by atoms with E-state index >= 15 is 0 Å². The predicted octanol–water partition coefficient (Wildman–Crippen LogP) is 6.15. The van der Waals surface area contributed by atoms with E-state index in [4.69, 9.17) is 4.74 Å². The summed E-state index contributed by atoms with van der Waals surface area (Å²) in [7, 11) is 0. The zero-order chi connectivity index (χ0) is 17.0. The van der Waals surface area contributed by atoms with Crippen LogP contribution in [0.15, 0.2) is 12.2 Å². The lowest BCUT2D eigenvalue weighted by Crippen LogP contribution is -2.10. The van der Waals surface area contributed by atoms with Crippen LogP contribution in [0.4, 0.5) is 0 Å². The Kier molecular flexibility index (Phi) is 12.3. The summed E-state index contributed by atoms with van der Waals surface area (Å²) in [6.45, 7) is 15.1. The molecule has 0 aromatic heterocycles. The maximum absolute atomic E-state index is 11.3. The Morgan fingerprint density at radius 3 is 2.14 bits per heavy atom. The number of rotatable bonds is 13. The molecule has 3 atom stereocenters. The van der Waals surface area contributed by atoms with Crippen molar-refractivity contribution in [2.24, 2.45) is 17.8 Å². The average Bonchev–Trinajstić information content (AvgIpc) is 2.45. The van der Waals surface area contributed by atoms with E-state index in [0.29, 0.717) is 18.1 Å². The highest BCUT2D eigenvalue weighted by Gasteiger charge is 2.11. The van der Waals surface area contributed by atoms with E-state index in [0.717, 1.165) is 18.3 Å². The topological polar surface area (TPSA) is 26.3 Å². The molecule has 0 aromatic carbocycles. The van der Waals surface area contributed by atoms with Crippen molar-refractivity contribution in [2.75, 3.05) is 6.61 Å². The van der Waals surface area contributed by atoms with E-state index in [9.17, 15) is 4.79 Å². The van der Waals surface area contributed by atoms with Crippen LogP contribution in [0.1, 0.15) is 86.0 Å². The van der Waals surface area contributed by atoms with E-state index in [1.54, 1.807) is 6.92 Å². The zero-order valence-electron chi connectivity index (χ0n) is 15.6. The Labute approximate surface area is 138 Å². The molecule has 0 radical (unpaired) electrons. The summed E-state index contributed by atoms with van der Waals surface area (Å²) in [6, 6.07) is 0. The van der Waals surface area contributed by atoms with Gasteiger partial charge in [-0.25, -0.2) is 4.79 Å². The first-order valence-electron chi connectivity index (χ1n) is 9.19. The molecule has 0 bridgehead atoms. The zero-order valence-corrected chi connectivity index (χ0v) is 15.6. The fourth-order valence-corrected chi connectivity index (χ4v) is 2.85. The van der Waals surface area contributed by atoms with Crippen LogP contribution >= 0.6 is 0 Å². The van der Waals surface area contributed by atoms with Gasteiger partial charge in [0.25, 0.3) is 0 Å². The average molecular weight is 311 g/mol. The van der Waals surface area contributed by atoms with Crippen LogP contribution in [0, 0.1) is 17.8 Å². The van der Waals surface area contributed by atoms with E-state index in [1.165, 1.54) is 44.9 Å². The van der Waals surface area contributed by atoms with Crippen molar-refractivity contribution in [1.29, 1.82) is 0 Å². The quantitative estimate of drug-likeness (QED) is 0.231. The Balaban J connectivity index is 3.69. The first-order chi connectivity index (χ1) is 10.4. The SMILES string of the molecule is C=C(C)C(=O)OCCC(C)CCC(C)CC(C)CCCCC. The van der Waals surface area contributed by atoms with E-state index in [-0.39, 0.29) is 5.97 Å². The number of hydrogen-bond acceptors (Lipinski definition) is 2. The lowest BCUT2D eigenvalue weighted by atomic mass is 9.88. The van der Waals surface area contributed by atoms with Crippen LogP contribution in [0.25, 0.3) is 0 Å². The number of carbonyl (C=O) groups excluding carboxylic acids is 1. The van der Waals surface area contributed by atoms with Crippen LogP contribution in [-0.2, 0) is 9.53 Å².